The van der Waals surface area contributed by atoms with Gasteiger partial charge in [0.1, 0.15) is 9.84 Å². The van der Waals surface area contributed by atoms with Gasteiger partial charge < -0.3 is 0 Å². The predicted octanol–water partition coefficient (Wildman–Crippen LogP) is 1.04. The van der Waals surface area contributed by atoms with E-state index in [1.54, 1.807) is 0 Å². The minimum absolute atomic E-state index is 0.0255. The van der Waals surface area contributed by atoms with Crippen molar-refractivity contribution in [3.05, 3.63) is 29.3 Å². The van der Waals surface area contributed by atoms with Gasteiger partial charge in [-0.25, -0.2) is 8.42 Å². The van der Waals surface area contributed by atoms with Crippen molar-refractivity contribution >= 4 is 21.7 Å². The Labute approximate surface area is 134 Å². The summed E-state index contributed by atoms with van der Waals surface area (Å²) in [7, 11) is -3.07. The van der Waals surface area contributed by atoms with Crippen molar-refractivity contribution in [1.82, 2.24) is 20.2 Å². The number of carbonyl (C=O) groups is 1. The second-order valence-electron chi connectivity index (χ2n) is 5.44. The molecule has 0 aliphatic carbocycles. The Morgan fingerprint density at radius 3 is 2.52 bits per heavy atom. The quantitative estimate of drug-likeness (QED) is 0.844. The fourth-order valence-corrected chi connectivity index (χ4v) is 2.91. The fourth-order valence-electron chi connectivity index (χ4n) is 2.24. The number of anilines is 1. The highest BCUT2D eigenvalue weighted by Crippen LogP contribution is 2.20. The number of sulfone groups is 1. The Kier molecular flexibility index (Phi) is 5.09. The van der Waals surface area contributed by atoms with E-state index >= 15 is 0 Å². The first-order valence-corrected chi connectivity index (χ1v) is 9.16. The van der Waals surface area contributed by atoms with E-state index in [9.17, 15) is 13.2 Å². The summed E-state index contributed by atoms with van der Waals surface area (Å²) in [4.78, 5) is 11.9. The molecular weight excluding hydrogens is 318 g/mol. The molecule has 0 aliphatic rings. The van der Waals surface area contributed by atoms with Crippen LogP contribution in [-0.4, -0.2) is 46.5 Å². The maximum absolute atomic E-state index is 11.9. The first-order chi connectivity index (χ1) is 10.8. The number of hydrogen-bond donors (Lipinski definition) is 1. The summed E-state index contributed by atoms with van der Waals surface area (Å²) in [6.45, 7) is 3.86. The lowest BCUT2D eigenvalue weighted by atomic mass is 10.1. The number of aromatic nitrogens is 4. The van der Waals surface area contributed by atoms with Crippen LogP contribution in [0.3, 0.4) is 0 Å². The van der Waals surface area contributed by atoms with Crippen molar-refractivity contribution in [2.45, 2.75) is 26.7 Å². The van der Waals surface area contributed by atoms with Crippen LogP contribution in [0.1, 0.15) is 24.0 Å². The molecule has 0 fully saturated rings. The van der Waals surface area contributed by atoms with Crippen LogP contribution in [-0.2, 0) is 14.6 Å². The molecule has 0 spiro atoms. The van der Waals surface area contributed by atoms with Gasteiger partial charge in [-0.15, -0.1) is 0 Å². The van der Waals surface area contributed by atoms with Crippen LogP contribution in [0, 0.1) is 13.8 Å². The predicted molar refractivity (Wildman–Crippen MR) is 86.2 cm³/mol. The molecule has 0 bridgehead atoms. The van der Waals surface area contributed by atoms with Crippen molar-refractivity contribution in [2.24, 2.45) is 0 Å². The molecule has 0 aliphatic heterocycles. The Balaban J connectivity index is 2.11. The molecule has 1 N–H and O–H groups in total. The average molecular weight is 337 g/mol. The lowest BCUT2D eigenvalue weighted by Gasteiger charge is -2.11. The van der Waals surface area contributed by atoms with E-state index in [4.69, 9.17) is 0 Å². The molecule has 23 heavy (non-hydrogen) atoms. The smallest absolute Gasteiger partial charge is 0.254 e. The number of para-hydroxylation sites is 1. The SMILES string of the molecule is Cc1cccc(C)c1-n1nnnc1NC(=O)CCCS(C)(=O)=O. The number of hydrogen-bond acceptors (Lipinski definition) is 6. The van der Waals surface area contributed by atoms with Gasteiger partial charge >= 0.3 is 0 Å². The molecule has 0 saturated carbocycles. The minimum atomic E-state index is -3.07. The molecule has 0 unspecified atom stereocenters. The van der Waals surface area contributed by atoms with Crippen molar-refractivity contribution < 1.29 is 13.2 Å². The Morgan fingerprint density at radius 2 is 1.91 bits per heavy atom. The normalized spacial score (nSPS) is 11.4. The summed E-state index contributed by atoms with van der Waals surface area (Å²) in [6, 6.07) is 5.80. The number of nitrogens with one attached hydrogen (secondary N) is 1. The molecule has 2 aromatic rings. The summed E-state index contributed by atoms with van der Waals surface area (Å²) in [5.41, 5.74) is 2.76. The third kappa shape index (κ3) is 4.59. The summed E-state index contributed by atoms with van der Waals surface area (Å²) in [5.74, 6) is -0.134. The monoisotopic (exact) mass is 337 g/mol. The zero-order chi connectivity index (χ0) is 17.0. The zero-order valence-corrected chi connectivity index (χ0v) is 14.1. The lowest BCUT2D eigenvalue weighted by molar-refractivity contribution is -0.116. The van der Waals surface area contributed by atoms with Gasteiger partial charge in [0.05, 0.1) is 11.4 Å². The highest BCUT2D eigenvalue weighted by molar-refractivity contribution is 7.90. The van der Waals surface area contributed by atoms with Gasteiger partial charge in [-0.05, 0) is 41.8 Å². The van der Waals surface area contributed by atoms with E-state index in [0.717, 1.165) is 23.1 Å². The van der Waals surface area contributed by atoms with E-state index in [2.05, 4.69) is 20.8 Å². The Hall–Kier alpha value is -2.29. The molecule has 1 aromatic carbocycles. The molecule has 0 radical (unpaired) electrons. The molecule has 124 valence electrons. The van der Waals surface area contributed by atoms with Crippen LogP contribution in [0.2, 0.25) is 0 Å². The van der Waals surface area contributed by atoms with Crippen molar-refractivity contribution in [1.29, 1.82) is 0 Å². The maximum atomic E-state index is 11.9. The summed E-state index contributed by atoms with van der Waals surface area (Å²) >= 11 is 0. The van der Waals surface area contributed by atoms with Crippen LogP contribution in [0.25, 0.3) is 5.69 Å². The summed E-state index contributed by atoms with van der Waals surface area (Å²) in [6.07, 6.45) is 1.49. The van der Waals surface area contributed by atoms with Crippen LogP contribution in [0.15, 0.2) is 18.2 Å². The fraction of sp³-hybridized carbons (Fsp3) is 0.429. The molecule has 1 heterocycles. The average Bonchev–Trinajstić information content (AvgIpc) is 2.85. The van der Waals surface area contributed by atoms with Gasteiger partial charge in [0.25, 0.3) is 5.95 Å². The van der Waals surface area contributed by atoms with E-state index in [0.29, 0.717) is 0 Å². The second kappa shape index (κ2) is 6.86. The standard InChI is InChI=1S/C14H19N5O3S/c1-10-6-4-7-11(2)13(10)19-14(16-17-18-19)15-12(20)8-5-9-23(3,21)22/h4,6-7H,5,8-9H2,1-3H3,(H,15,16,18,20). The van der Waals surface area contributed by atoms with Gasteiger partial charge in [0, 0.05) is 12.7 Å². The molecule has 8 nitrogen and oxygen atoms in total. The van der Waals surface area contributed by atoms with E-state index in [1.807, 2.05) is 32.0 Å². The molecule has 1 aromatic heterocycles. The molecule has 9 heteroatoms. The highest BCUT2D eigenvalue weighted by atomic mass is 32.2. The third-order valence-electron chi connectivity index (χ3n) is 3.29. The second-order valence-corrected chi connectivity index (χ2v) is 7.70. The van der Waals surface area contributed by atoms with Crippen molar-refractivity contribution in [2.75, 3.05) is 17.3 Å². The summed E-state index contributed by atoms with van der Waals surface area (Å²) in [5, 5.41) is 14.0. The van der Waals surface area contributed by atoms with Gasteiger partial charge in [-0.2, -0.15) is 4.68 Å². The Bertz CT molecular complexity index is 793. The summed E-state index contributed by atoms with van der Waals surface area (Å²) < 4.78 is 23.6. The van der Waals surface area contributed by atoms with Crippen molar-refractivity contribution in [3.8, 4) is 5.69 Å². The minimum Gasteiger partial charge on any atom is -0.293 e. The van der Waals surface area contributed by atoms with E-state index in [-0.39, 0.29) is 30.5 Å². The number of tetrazole rings is 1. The van der Waals surface area contributed by atoms with Gasteiger partial charge in [0.2, 0.25) is 5.91 Å². The molecule has 0 saturated heterocycles. The number of carbonyl (C=O) groups excluding carboxylic acids is 1. The van der Waals surface area contributed by atoms with Gasteiger partial charge in [-0.3, -0.25) is 10.1 Å². The van der Waals surface area contributed by atoms with Crippen LogP contribution in [0.4, 0.5) is 5.95 Å². The number of rotatable bonds is 6. The van der Waals surface area contributed by atoms with E-state index < -0.39 is 9.84 Å². The number of nitrogens with zero attached hydrogens (tertiary/aromatic N) is 4. The lowest BCUT2D eigenvalue weighted by Crippen LogP contribution is -2.17. The van der Waals surface area contributed by atoms with Crippen LogP contribution in [0.5, 0.6) is 0 Å². The topological polar surface area (TPSA) is 107 Å². The first-order valence-electron chi connectivity index (χ1n) is 7.10. The van der Waals surface area contributed by atoms with Crippen molar-refractivity contribution in [3.63, 3.8) is 0 Å². The molecule has 1 amide bonds. The highest BCUT2D eigenvalue weighted by Gasteiger charge is 2.15. The van der Waals surface area contributed by atoms with Crippen LogP contribution >= 0.6 is 0 Å². The molecule has 2 rings (SSSR count). The first kappa shape index (κ1) is 17.1. The van der Waals surface area contributed by atoms with E-state index in [1.165, 1.54) is 4.68 Å². The zero-order valence-electron chi connectivity index (χ0n) is 13.3. The largest absolute Gasteiger partial charge is 0.293 e. The Morgan fingerprint density at radius 1 is 1.26 bits per heavy atom. The number of amides is 1. The third-order valence-corrected chi connectivity index (χ3v) is 4.32. The number of aryl methyl sites for hydroxylation is 2. The van der Waals surface area contributed by atoms with Gasteiger partial charge in [-0.1, -0.05) is 23.3 Å². The molecular formula is C14H19N5O3S. The van der Waals surface area contributed by atoms with Crippen LogP contribution < -0.4 is 5.32 Å². The van der Waals surface area contributed by atoms with Gasteiger partial charge in [0.15, 0.2) is 0 Å². The molecule has 0 atom stereocenters. The maximum Gasteiger partial charge on any atom is 0.254 e. The number of benzene rings is 1.